The van der Waals surface area contributed by atoms with Gasteiger partial charge >= 0.3 is 6.18 Å². The van der Waals surface area contributed by atoms with Crippen LogP contribution in [0.1, 0.15) is 32.6 Å². The molecule has 0 saturated heterocycles. The van der Waals surface area contributed by atoms with Crippen LogP contribution in [0.4, 0.5) is 18.9 Å². The van der Waals surface area contributed by atoms with E-state index in [0.717, 1.165) is 9.91 Å². The van der Waals surface area contributed by atoms with Gasteiger partial charge < -0.3 is 4.90 Å². The molecule has 5 nitrogen and oxygen atoms in total. The van der Waals surface area contributed by atoms with Crippen molar-refractivity contribution in [2.75, 3.05) is 18.1 Å². The molecule has 8 heteroatoms. The van der Waals surface area contributed by atoms with Crippen LogP contribution in [0.5, 0.6) is 0 Å². The zero-order valence-corrected chi connectivity index (χ0v) is 13.9. The lowest BCUT2D eigenvalue weighted by molar-refractivity contribution is -0.157. The molecule has 2 rings (SSSR count). The number of amides is 2. The first-order valence-electron chi connectivity index (χ1n) is 8.13. The SMILES string of the molecule is CCCCN(CC(F)(F)F)C(=O)C1=NN(c2ccccc2)C(=O)CC1. The Balaban J connectivity index is 2.23. The van der Waals surface area contributed by atoms with E-state index in [0.29, 0.717) is 18.5 Å². The Morgan fingerprint density at radius 3 is 2.52 bits per heavy atom. The second-order valence-electron chi connectivity index (χ2n) is 5.78. The Kier molecular flexibility index (Phi) is 6.17. The molecule has 0 saturated carbocycles. The molecule has 0 aromatic heterocycles. The highest BCUT2D eigenvalue weighted by molar-refractivity contribution is 6.40. The summed E-state index contributed by atoms with van der Waals surface area (Å²) in [6, 6.07) is 8.50. The number of benzene rings is 1. The van der Waals surface area contributed by atoms with E-state index in [2.05, 4.69) is 5.10 Å². The van der Waals surface area contributed by atoms with Crippen LogP contribution < -0.4 is 5.01 Å². The highest BCUT2D eigenvalue weighted by Crippen LogP contribution is 2.22. The molecule has 1 aromatic carbocycles. The van der Waals surface area contributed by atoms with E-state index in [1.807, 2.05) is 6.92 Å². The van der Waals surface area contributed by atoms with Gasteiger partial charge in [-0.25, -0.2) is 5.01 Å². The average molecular weight is 355 g/mol. The Labute approximate surface area is 144 Å². The van der Waals surface area contributed by atoms with Gasteiger partial charge in [0.1, 0.15) is 12.3 Å². The third kappa shape index (κ3) is 5.30. The molecule has 0 atom stereocenters. The summed E-state index contributed by atoms with van der Waals surface area (Å²) in [4.78, 5) is 25.3. The minimum atomic E-state index is -4.48. The van der Waals surface area contributed by atoms with Crippen LogP contribution in [-0.4, -0.2) is 41.7 Å². The van der Waals surface area contributed by atoms with Crippen molar-refractivity contribution < 1.29 is 22.8 Å². The van der Waals surface area contributed by atoms with Crippen molar-refractivity contribution in [3.63, 3.8) is 0 Å². The molecule has 1 aliphatic heterocycles. The van der Waals surface area contributed by atoms with E-state index in [9.17, 15) is 22.8 Å². The average Bonchev–Trinajstić information content (AvgIpc) is 2.58. The van der Waals surface area contributed by atoms with Crippen molar-refractivity contribution in [1.82, 2.24) is 4.90 Å². The molecule has 0 N–H and O–H groups in total. The van der Waals surface area contributed by atoms with Gasteiger partial charge in [0.05, 0.1) is 5.69 Å². The number of anilines is 1. The second kappa shape index (κ2) is 8.13. The number of hydrazone groups is 1. The Morgan fingerprint density at radius 1 is 1.24 bits per heavy atom. The minimum Gasteiger partial charge on any atom is -0.328 e. The fourth-order valence-corrected chi connectivity index (χ4v) is 2.48. The summed E-state index contributed by atoms with van der Waals surface area (Å²) in [5.74, 6) is -1.06. The summed E-state index contributed by atoms with van der Waals surface area (Å²) in [6.07, 6.45) is -3.26. The monoisotopic (exact) mass is 355 g/mol. The van der Waals surface area contributed by atoms with E-state index >= 15 is 0 Å². The van der Waals surface area contributed by atoms with Crippen molar-refractivity contribution in [1.29, 1.82) is 0 Å². The number of halogens is 3. The second-order valence-corrected chi connectivity index (χ2v) is 5.78. The molecule has 1 aromatic rings. The van der Waals surface area contributed by atoms with Gasteiger partial charge in [0.15, 0.2) is 0 Å². The van der Waals surface area contributed by atoms with E-state index in [4.69, 9.17) is 0 Å². The van der Waals surface area contributed by atoms with Crippen molar-refractivity contribution in [3.8, 4) is 0 Å². The lowest BCUT2D eigenvalue weighted by Crippen LogP contribution is -2.45. The lowest BCUT2D eigenvalue weighted by atomic mass is 10.1. The highest BCUT2D eigenvalue weighted by atomic mass is 19.4. The van der Waals surface area contributed by atoms with Gasteiger partial charge in [0.2, 0.25) is 5.91 Å². The van der Waals surface area contributed by atoms with Crippen LogP contribution >= 0.6 is 0 Å². The number of para-hydroxylation sites is 1. The fourth-order valence-electron chi connectivity index (χ4n) is 2.48. The van der Waals surface area contributed by atoms with Crippen LogP contribution in [0.2, 0.25) is 0 Å². The molecular weight excluding hydrogens is 335 g/mol. The topological polar surface area (TPSA) is 53.0 Å². The maximum atomic E-state index is 12.8. The predicted molar refractivity (Wildman–Crippen MR) is 88.1 cm³/mol. The molecule has 0 bridgehead atoms. The number of alkyl halides is 3. The number of hydrogen-bond acceptors (Lipinski definition) is 3. The van der Waals surface area contributed by atoms with Gasteiger partial charge in [-0.2, -0.15) is 18.3 Å². The van der Waals surface area contributed by atoms with Gasteiger partial charge in [0, 0.05) is 19.4 Å². The first kappa shape index (κ1) is 19.0. The van der Waals surface area contributed by atoms with Gasteiger partial charge in [0.25, 0.3) is 5.91 Å². The van der Waals surface area contributed by atoms with Gasteiger partial charge in [-0.3, -0.25) is 9.59 Å². The number of hydrogen-bond donors (Lipinski definition) is 0. The smallest absolute Gasteiger partial charge is 0.328 e. The third-order valence-electron chi connectivity index (χ3n) is 3.72. The first-order valence-corrected chi connectivity index (χ1v) is 8.13. The van der Waals surface area contributed by atoms with Gasteiger partial charge in [-0.15, -0.1) is 0 Å². The molecule has 0 fully saturated rings. The quantitative estimate of drug-likeness (QED) is 0.786. The number of rotatable bonds is 6. The summed E-state index contributed by atoms with van der Waals surface area (Å²) in [7, 11) is 0. The molecule has 0 spiro atoms. The molecule has 136 valence electrons. The van der Waals surface area contributed by atoms with E-state index in [-0.39, 0.29) is 31.0 Å². The Morgan fingerprint density at radius 2 is 1.92 bits per heavy atom. The highest BCUT2D eigenvalue weighted by Gasteiger charge is 2.35. The van der Waals surface area contributed by atoms with Gasteiger partial charge in [-0.1, -0.05) is 31.5 Å². The van der Waals surface area contributed by atoms with Crippen LogP contribution in [0, 0.1) is 0 Å². The minimum absolute atomic E-state index is 0.00709. The Hall–Kier alpha value is -2.38. The van der Waals surface area contributed by atoms with Crippen molar-refractivity contribution in [2.45, 2.75) is 38.8 Å². The number of unbranched alkanes of at least 4 members (excludes halogenated alkanes) is 1. The maximum absolute atomic E-state index is 12.8. The summed E-state index contributed by atoms with van der Waals surface area (Å²) in [6.45, 7) is 0.529. The van der Waals surface area contributed by atoms with E-state index in [1.54, 1.807) is 30.3 Å². The maximum Gasteiger partial charge on any atom is 0.406 e. The Bertz CT molecular complexity index is 644. The number of carbonyl (C=O) groups excluding carboxylic acids is 2. The largest absolute Gasteiger partial charge is 0.406 e. The normalized spacial score (nSPS) is 15.1. The summed E-state index contributed by atoms with van der Waals surface area (Å²) in [5, 5.41) is 5.12. The third-order valence-corrected chi connectivity index (χ3v) is 3.72. The molecule has 1 heterocycles. The van der Waals surface area contributed by atoms with Crippen LogP contribution in [0.15, 0.2) is 35.4 Å². The molecule has 0 aliphatic carbocycles. The fraction of sp³-hybridized carbons (Fsp3) is 0.471. The molecule has 0 unspecified atom stereocenters. The predicted octanol–water partition coefficient (Wildman–Crippen LogP) is 3.36. The van der Waals surface area contributed by atoms with Crippen molar-refractivity contribution >= 4 is 23.2 Å². The lowest BCUT2D eigenvalue weighted by Gasteiger charge is -2.28. The van der Waals surface area contributed by atoms with Crippen LogP contribution in [-0.2, 0) is 9.59 Å². The zero-order valence-electron chi connectivity index (χ0n) is 13.9. The summed E-state index contributed by atoms with van der Waals surface area (Å²) < 4.78 is 38.3. The van der Waals surface area contributed by atoms with Crippen molar-refractivity contribution in [3.05, 3.63) is 30.3 Å². The van der Waals surface area contributed by atoms with E-state index < -0.39 is 18.6 Å². The molecule has 2 amide bonds. The number of carbonyl (C=O) groups is 2. The van der Waals surface area contributed by atoms with Crippen LogP contribution in [0.3, 0.4) is 0 Å². The first-order chi connectivity index (χ1) is 11.8. The van der Waals surface area contributed by atoms with Crippen molar-refractivity contribution in [2.24, 2.45) is 5.10 Å². The molecular formula is C17H20F3N3O2. The standard InChI is InChI=1S/C17H20F3N3O2/c1-2-3-11-22(12-17(18,19)20)16(25)14-9-10-15(24)23(21-14)13-7-5-4-6-8-13/h4-8H,2-3,9-12H2,1H3. The molecule has 0 radical (unpaired) electrons. The zero-order chi connectivity index (χ0) is 18.4. The summed E-state index contributed by atoms with van der Waals surface area (Å²) >= 11 is 0. The molecule has 25 heavy (non-hydrogen) atoms. The van der Waals surface area contributed by atoms with E-state index in [1.165, 1.54) is 0 Å². The summed E-state index contributed by atoms with van der Waals surface area (Å²) in [5.41, 5.74) is 0.456. The van der Waals surface area contributed by atoms with Gasteiger partial charge in [-0.05, 0) is 18.6 Å². The van der Waals surface area contributed by atoms with Crippen LogP contribution in [0.25, 0.3) is 0 Å². The molecule has 1 aliphatic rings. The number of nitrogens with zero attached hydrogens (tertiary/aromatic N) is 3.